The first-order valence-electron chi connectivity index (χ1n) is 11.2. The zero-order chi connectivity index (χ0) is 23.5. The molecule has 3 heterocycles. The lowest BCUT2D eigenvalue weighted by molar-refractivity contribution is 0.0683. The Morgan fingerprint density at radius 3 is 2.65 bits per heavy atom. The van der Waals surface area contributed by atoms with Gasteiger partial charge >= 0.3 is 0 Å². The summed E-state index contributed by atoms with van der Waals surface area (Å²) in [5.74, 6) is 1.14. The van der Waals surface area contributed by atoms with Gasteiger partial charge < -0.3 is 19.4 Å². The van der Waals surface area contributed by atoms with E-state index >= 15 is 0 Å². The summed E-state index contributed by atoms with van der Waals surface area (Å²) in [6, 6.07) is 17.0. The summed E-state index contributed by atoms with van der Waals surface area (Å²) in [6.45, 7) is 1.70. The Morgan fingerprint density at radius 1 is 1.15 bits per heavy atom. The number of ether oxygens (including phenoxy) is 1. The summed E-state index contributed by atoms with van der Waals surface area (Å²) >= 11 is 1.51. The summed E-state index contributed by atoms with van der Waals surface area (Å²) in [7, 11) is 1.62. The molecule has 5 rings (SSSR count). The maximum atomic E-state index is 12.9. The van der Waals surface area contributed by atoms with Crippen molar-refractivity contribution in [3.8, 4) is 5.75 Å². The molecule has 8 heteroatoms. The van der Waals surface area contributed by atoms with Gasteiger partial charge in [-0.1, -0.05) is 30.3 Å². The molecule has 174 valence electrons. The first-order chi connectivity index (χ1) is 16.6. The number of carbonyl (C=O) groups is 2. The van der Waals surface area contributed by atoms with Gasteiger partial charge in [0.05, 0.1) is 12.1 Å². The summed E-state index contributed by atoms with van der Waals surface area (Å²) in [5, 5.41) is 6.61. The van der Waals surface area contributed by atoms with Gasteiger partial charge in [-0.2, -0.15) is 0 Å². The molecule has 0 aliphatic carbocycles. The number of aromatic nitrogens is 1. The van der Waals surface area contributed by atoms with E-state index in [0.717, 1.165) is 40.1 Å². The largest absolute Gasteiger partial charge is 0.497 e. The van der Waals surface area contributed by atoms with Crippen molar-refractivity contribution < 1.29 is 18.7 Å². The zero-order valence-corrected chi connectivity index (χ0v) is 19.6. The lowest BCUT2D eigenvalue weighted by Gasteiger charge is -2.30. The molecule has 2 aromatic carbocycles. The molecule has 1 saturated heterocycles. The molecule has 0 spiro atoms. The van der Waals surface area contributed by atoms with Crippen molar-refractivity contribution in [2.75, 3.05) is 20.2 Å². The second-order valence-electron chi connectivity index (χ2n) is 8.32. The standard InChI is InChI=1S/C26H25N3O4S/c1-32-20-8-6-17(7-9-20)15-27-24(30)21-16-34-25(28-21)18-10-12-29(13-11-18)26(31)23-14-19-4-2-3-5-22(19)33-23/h2-9,14,16,18H,10-13,15H2,1H3,(H,27,30). The second kappa shape index (κ2) is 9.69. The van der Waals surface area contributed by atoms with Crippen molar-refractivity contribution in [3.63, 3.8) is 0 Å². The molecule has 0 unspecified atom stereocenters. The second-order valence-corrected chi connectivity index (χ2v) is 9.21. The Labute approximate surface area is 201 Å². The Morgan fingerprint density at radius 2 is 1.91 bits per heavy atom. The number of nitrogens with one attached hydrogen (secondary N) is 1. The molecule has 0 bridgehead atoms. The van der Waals surface area contributed by atoms with Crippen LogP contribution in [0, 0.1) is 0 Å². The third kappa shape index (κ3) is 4.68. The van der Waals surface area contributed by atoms with Gasteiger partial charge in [-0.25, -0.2) is 4.98 Å². The van der Waals surface area contributed by atoms with Gasteiger partial charge in [-0.3, -0.25) is 9.59 Å². The number of carbonyl (C=O) groups excluding carboxylic acids is 2. The highest BCUT2D eigenvalue weighted by atomic mass is 32.1. The van der Waals surface area contributed by atoms with Crippen LogP contribution in [0.25, 0.3) is 11.0 Å². The minimum Gasteiger partial charge on any atom is -0.497 e. The maximum absolute atomic E-state index is 12.9. The van der Waals surface area contributed by atoms with Gasteiger partial charge in [-0.15, -0.1) is 11.3 Å². The average molecular weight is 476 g/mol. The van der Waals surface area contributed by atoms with Crippen molar-refractivity contribution >= 4 is 34.1 Å². The van der Waals surface area contributed by atoms with Crippen LogP contribution in [0.2, 0.25) is 0 Å². The number of rotatable bonds is 6. The van der Waals surface area contributed by atoms with Gasteiger partial charge in [-0.05, 0) is 42.7 Å². The highest BCUT2D eigenvalue weighted by Gasteiger charge is 2.28. The zero-order valence-electron chi connectivity index (χ0n) is 18.8. The SMILES string of the molecule is COc1ccc(CNC(=O)c2csc(C3CCN(C(=O)c4cc5ccccc5o4)CC3)n2)cc1. The van der Waals surface area contributed by atoms with E-state index in [4.69, 9.17) is 9.15 Å². The number of thiazole rings is 1. The Hall–Kier alpha value is -3.65. The molecule has 1 N–H and O–H groups in total. The van der Waals surface area contributed by atoms with E-state index in [1.807, 2.05) is 58.8 Å². The van der Waals surface area contributed by atoms with Crippen LogP contribution in [0.5, 0.6) is 5.75 Å². The van der Waals surface area contributed by atoms with Crippen LogP contribution in [-0.4, -0.2) is 41.9 Å². The maximum Gasteiger partial charge on any atom is 0.289 e. The van der Waals surface area contributed by atoms with E-state index in [2.05, 4.69) is 10.3 Å². The fraction of sp³-hybridized carbons (Fsp3) is 0.269. The number of benzene rings is 2. The molecule has 0 atom stereocenters. The fourth-order valence-corrected chi connectivity index (χ4v) is 5.14. The number of piperidine rings is 1. The molecule has 1 fully saturated rings. The highest BCUT2D eigenvalue weighted by molar-refractivity contribution is 7.09. The van der Waals surface area contributed by atoms with Crippen LogP contribution >= 0.6 is 11.3 Å². The van der Waals surface area contributed by atoms with Crippen LogP contribution in [0.15, 0.2) is 64.4 Å². The molecule has 4 aromatic rings. The fourth-order valence-electron chi connectivity index (χ4n) is 4.17. The van der Waals surface area contributed by atoms with Gasteiger partial charge in [0.25, 0.3) is 11.8 Å². The Balaban J connectivity index is 1.15. The van der Waals surface area contributed by atoms with Crippen molar-refractivity contribution in [1.82, 2.24) is 15.2 Å². The van der Waals surface area contributed by atoms with E-state index in [1.165, 1.54) is 11.3 Å². The molecule has 2 aromatic heterocycles. The van der Waals surface area contributed by atoms with Crippen molar-refractivity contribution in [1.29, 1.82) is 0 Å². The Kier molecular flexibility index (Phi) is 6.31. The van der Waals surface area contributed by atoms with Gasteiger partial charge in [0.15, 0.2) is 5.76 Å². The van der Waals surface area contributed by atoms with E-state index in [1.54, 1.807) is 13.2 Å². The van der Waals surface area contributed by atoms with E-state index in [9.17, 15) is 9.59 Å². The normalized spacial score (nSPS) is 14.3. The van der Waals surface area contributed by atoms with E-state index < -0.39 is 0 Å². The third-order valence-electron chi connectivity index (χ3n) is 6.13. The first-order valence-corrected chi connectivity index (χ1v) is 12.1. The van der Waals surface area contributed by atoms with Crippen LogP contribution < -0.4 is 10.1 Å². The number of hydrogen-bond acceptors (Lipinski definition) is 6. The molecule has 0 saturated carbocycles. The van der Waals surface area contributed by atoms with Gasteiger partial charge in [0.2, 0.25) is 0 Å². The average Bonchev–Trinajstić information content (AvgIpc) is 3.55. The number of furan rings is 1. The minimum absolute atomic E-state index is 0.0765. The number of methoxy groups -OCH3 is 1. The van der Waals surface area contributed by atoms with Crippen LogP contribution in [0.1, 0.15) is 50.4 Å². The summed E-state index contributed by atoms with van der Waals surface area (Å²) in [5.41, 5.74) is 2.15. The number of hydrogen-bond donors (Lipinski definition) is 1. The van der Waals surface area contributed by atoms with Gasteiger partial charge in [0, 0.05) is 36.3 Å². The predicted octanol–water partition coefficient (Wildman–Crippen LogP) is 4.85. The van der Waals surface area contributed by atoms with Crippen molar-refractivity contribution in [2.45, 2.75) is 25.3 Å². The summed E-state index contributed by atoms with van der Waals surface area (Å²) in [6.07, 6.45) is 1.62. The molecular formula is C26H25N3O4S. The third-order valence-corrected chi connectivity index (χ3v) is 7.14. The molecule has 1 aliphatic rings. The quantitative estimate of drug-likeness (QED) is 0.431. The first kappa shape index (κ1) is 22.2. The lowest BCUT2D eigenvalue weighted by Crippen LogP contribution is -2.37. The smallest absolute Gasteiger partial charge is 0.289 e. The van der Waals surface area contributed by atoms with Crippen LogP contribution in [0.3, 0.4) is 0 Å². The van der Waals surface area contributed by atoms with Crippen LogP contribution in [0.4, 0.5) is 0 Å². The highest BCUT2D eigenvalue weighted by Crippen LogP contribution is 2.31. The summed E-state index contributed by atoms with van der Waals surface area (Å²) < 4.78 is 10.9. The van der Waals surface area contributed by atoms with Crippen molar-refractivity contribution in [3.05, 3.63) is 82.0 Å². The molecule has 0 radical (unpaired) electrons. The molecule has 2 amide bonds. The minimum atomic E-state index is -0.184. The Bertz CT molecular complexity index is 1270. The van der Waals surface area contributed by atoms with Crippen molar-refractivity contribution in [2.24, 2.45) is 0 Å². The monoisotopic (exact) mass is 475 g/mol. The molecule has 1 aliphatic heterocycles. The van der Waals surface area contributed by atoms with E-state index in [0.29, 0.717) is 31.1 Å². The number of amides is 2. The number of nitrogens with zero attached hydrogens (tertiary/aromatic N) is 2. The van der Waals surface area contributed by atoms with E-state index in [-0.39, 0.29) is 17.7 Å². The lowest BCUT2D eigenvalue weighted by atomic mass is 9.97. The number of likely N-dealkylation sites (tertiary alicyclic amines) is 1. The predicted molar refractivity (Wildman–Crippen MR) is 130 cm³/mol. The molecule has 7 nitrogen and oxygen atoms in total. The topological polar surface area (TPSA) is 84.7 Å². The number of para-hydroxylation sites is 1. The molecular weight excluding hydrogens is 450 g/mol. The van der Waals surface area contributed by atoms with Crippen LogP contribution in [-0.2, 0) is 6.54 Å². The summed E-state index contributed by atoms with van der Waals surface area (Å²) in [4.78, 5) is 31.9. The number of fused-ring (bicyclic) bond motifs is 1. The molecule has 34 heavy (non-hydrogen) atoms. The van der Waals surface area contributed by atoms with Gasteiger partial charge in [0.1, 0.15) is 17.0 Å².